The van der Waals surface area contributed by atoms with Crippen LogP contribution in [0.15, 0.2) is 0 Å². The lowest BCUT2D eigenvalue weighted by atomic mass is 9.89. The number of hydrogen-bond acceptors (Lipinski definition) is 2. The Hall–Kier alpha value is -0.730. The standard InChI is InChI=1S/C7H13NO2/c1-7(2,3)5-4-8-6(9)10-5/h5H,4H2,1-3H3,(H,8,9). The highest BCUT2D eigenvalue weighted by molar-refractivity contribution is 5.69. The molecule has 1 aliphatic rings. The third kappa shape index (κ3) is 1.40. The average molecular weight is 143 g/mol. The topological polar surface area (TPSA) is 38.3 Å². The van der Waals surface area contributed by atoms with E-state index < -0.39 is 0 Å². The number of rotatable bonds is 0. The second-order valence-corrected chi connectivity index (χ2v) is 3.64. The van der Waals surface area contributed by atoms with Crippen molar-refractivity contribution in [2.24, 2.45) is 5.41 Å². The van der Waals surface area contributed by atoms with Crippen LogP contribution in [0.2, 0.25) is 0 Å². The normalized spacial score (nSPS) is 25.9. The lowest BCUT2D eigenvalue weighted by Crippen LogP contribution is -2.29. The van der Waals surface area contributed by atoms with Crippen LogP contribution in [0, 0.1) is 5.41 Å². The first-order chi connectivity index (χ1) is 4.50. The molecule has 1 rings (SSSR count). The highest BCUT2D eigenvalue weighted by atomic mass is 16.6. The minimum atomic E-state index is -0.292. The summed E-state index contributed by atoms with van der Waals surface area (Å²) < 4.78 is 4.98. The van der Waals surface area contributed by atoms with Gasteiger partial charge >= 0.3 is 6.09 Å². The van der Waals surface area contributed by atoms with Gasteiger partial charge in [0.15, 0.2) is 0 Å². The van der Waals surface area contributed by atoms with Crippen LogP contribution in [0.4, 0.5) is 4.79 Å². The van der Waals surface area contributed by atoms with Crippen molar-refractivity contribution in [1.29, 1.82) is 0 Å². The molecule has 0 spiro atoms. The molecule has 0 radical (unpaired) electrons. The molecule has 1 amide bonds. The van der Waals surface area contributed by atoms with E-state index in [9.17, 15) is 4.79 Å². The van der Waals surface area contributed by atoms with Gasteiger partial charge in [0, 0.05) is 5.41 Å². The van der Waals surface area contributed by atoms with E-state index in [1.807, 2.05) is 0 Å². The largest absolute Gasteiger partial charge is 0.444 e. The number of nitrogens with one attached hydrogen (secondary N) is 1. The van der Waals surface area contributed by atoms with Gasteiger partial charge in [0.25, 0.3) is 0 Å². The summed E-state index contributed by atoms with van der Waals surface area (Å²) in [5, 5.41) is 2.61. The molecule has 10 heavy (non-hydrogen) atoms. The fourth-order valence-corrected chi connectivity index (χ4v) is 0.872. The van der Waals surface area contributed by atoms with Crippen molar-refractivity contribution in [1.82, 2.24) is 5.32 Å². The third-order valence-corrected chi connectivity index (χ3v) is 1.65. The van der Waals surface area contributed by atoms with Crippen molar-refractivity contribution in [2.45, 2.75) is 26.9 Å². The van der Waals surface area contributed by atoms with Gasteiger partial charge in [-0.3, -0.25) is 0 Å². The minimum Gasteiger partial charge on any atom is -0.444 e. The van der Waals surface area contributed by atoms with Crippen molar-refractivity contribution in [3.8, 4) is 0 Å². The Bertz CT molecular complexity index is 148. The van der Waals surface area contributed by atoms with Gasteiger partial charge in [-0.2, -0.15) is 0 Å². The van der Waals surface area contributed by atoms with E-state index >= 15 is 0 Å². The zero-order valence-electron chi connectivity index (χ0n) is 6.60. The number of carbonyl (C=O) groups is 1. The predicted molar refractivity (Wildman–Crippen MR) is 37.7 cm³/mol. The van der Waals surface area contributed by atoms with Crippen LogP contribution in [-0.2, 0) is 4.74 Å². The molecule has 1 N–H and O–H groups in total. The van der Waals surface area contributed by atoms with Gasteiger partial charge in [0.2, 0.25) is 0 Å². The van der Waals surface area contributed by atoms with Crippen molar-refractivity contribution in [2.75, 3.05) is 6.54 Å². The van der Waals surface area contributed by atoms with E-state index in [1.165, 1.54) is 0 Å². The first kappa shape index (κ1) is 7.38. The SMILES string of the molecule is CC(C)(C)C1CNC(=O)O1. The van der Waals surface area contributed by atoms with Crippen LogP contribution in [0.5, 0.6) is 0 Å². The Morgan fingerprint density at radius 2 is 2.20 bits per heavy atom. The van der Waals surface area contributed by atoms with E-state index in [0.717, 1.165) is 0 Å². The average Bonchev–Trinajstić information content (AvgIpc) is 2.11. The molecule has 1 heterocycles. The summed E-state index contributed by atoms with van der Waals surface area (Å²) >= 11 is 0. The second kappa shape index (κ2) is 2.15. The highest BCUT2D eigenvalue weighted by Gasteiger charge is 2.32. The van der Waals surface area contributed by atoms with Crippen LogP contribution in [0.1, 0.15) is 20.8 Å². The highest BCUT2D eigenvalue weighted by Crippen LogP contribution is 2.23. The molecule has 0 aromatic rings. The molecule has 3 nitrogen and oxygen atoms in total. The number of ether oxygens (including phenoxy) is 1. The smallest absolute Gasteiger partial charge is 0.407 e. The molecular weight excluding hydrogens is 130 g/mol. The van der Waals surface area contributed by atoms with E-state index in [2.05, 4.69) is 26.1 Å². The summed E-state index contributed by atoms with van der Waals surface area (Å²) in [6.07, 6.45) is -0.264. The zero-order chi connectivity index (χ0) is 7.78. The molecule has 1 saturated heterocycles. The van der Waals surface area contributed by atoms with Crippen LogP contribution < -0.4 is 5.32 Å². The maximum atomic E-state index is 10.6. The van der Waals surface area contributed by atoms with Crippen molar-refractivity contribution in [3.05, 3.63) is 0 Å². The molecule has 0 bridgehead atoms. The molecule has 0 aromatic carbocycles. The van der Waals surface area contributed by atoms with E-state index in [1.54, 1.807) is 0 Å². The van der Waals surface area contributed by atoms with Gasteiger partial charge in [-0.15, -0.1) is 0 Å². The molecule has 0 saturated carbocycles. The minimum absolute atomic E-state index is 0.0278. The number of amides is 1. The maximum absolute atomic E-state index is 10.6. The number of alkyl carbamates (subject to hydrolysis) is 1. The summed E-state index contributed by atoms with van der Waals surface area (Å²) in [6.45, 7) is 6.80. The van der Waals surface area contributed by atoms with Gasteiger partial charge < -0.3 is 10.1 Å². The molecule has 58 valence electrons. The van der Waals surface area contributed by atoms with E-state index in [4.69, 9.17) is 4.74 Å². The second-order valence-electron chi connectivity index (χ2n) is 3.64. The molecular formula is C7H13NO2. The monoisotopic (exact) mass is 143 g/mol. The first-order valence-corrected chi connectivity index (χ1v) is 3.44. The molecule has 1 atom stereocenters. The molecule has 1 unspecified atom stereocenters. The molecule has 0 aliphatic carbocycles. The summed E-state index contributed by atoms with van der Waals surface area (Å²) in [7, 11) is 0. The Labute approximate surface area is 60.7 Å². The fraction of sp³-hybridized carbons (Fsp3) is 0.857. The number of carbonyl (C=O) groups excluding carboxylic acids is 1. The molecule has 1 fully saturated rings. The summed E-state index contributed by atoms with van der Waals surface area (Å²) in [5.41, 5.74) is 0.0547. The van der Waals surface area contributed by atoms with Crippen LogP contribution in [-0.4, -0.2) is 18.7 Å². The van der Waals surface area contributed by atoms with Gasteiger partial charge in [-0.1, -0.05) is 20.8 Å². The first-order valence-electron chi connectivity index (χ1n) is 3.44. The predicted octanol–water partition coefficient (Wildman–Crippen LogP) is 1.14. The van der Waals surface area contributed by atoms with Gasteiger partial charge in [0.05, 0.1) is 6.54 Å². The third-order valence-electron chi connectivity index (χ3n) is 1.65. The fourth-order valence-electron chi connectivity index (χ4n) is 0.872. The van der Waals surface area contributed by atoms with Crippen LogP contribution >= 0.6 is 0 Å². The molecule has 1 aliphatic heterocycles. The van der Waals surface area contributed by atoms with Gasteiger partial charge in [-0.05, 0) is 0 Å². The van der Waals surface area contributed by atoms with E-state index in [0.29, 0.717) is 6.54 Å². The van der Waals surface area contributed by atoms with Crippen LogP contribution in [0.3, 0.4) is 0 Å². The quantitative estimate of drug-likeness (QED) is 0.552. The van der Waals surface area contributed by atoms with Crippen molar-refractivity contribution < 1.29 is 9.53 Å². The zero-order valence-corrected chi connectivity index (χ0v) is 6.60. The molecule has 0 aromatic heterocycles. The van der Waals surface area contributed by atoms with E-state index in [-0.39, 0.29) is 17.6 Å². The molecule has 3 heteroatoms. The number of hydrogen-bond donors (Lipinski definition) is 1. The Morgan fingerprint density at radius 1 is 1.60 bits per heavy atom. The summed E-state index contributed by atoms with van der Waals surface area (Å²) in [6, 6.07) is 0. The van der Waals surface area contributed by atoms with Crippen molar-refractivity contribution in [3.63, 3.8) is 0 Å². The Kier molecular flexibility index (Phi) is 1.58. The lowest BCUT2D eigenvalue weighted by Gasteiger charge is -2.23. The van der Waals surface area contributed by atoms with Gasteiger partial charge in [0.1, 0.15) is 6.10 Å². The van der Waals surface area contributed by atoms with Crippen molar-refractivity contribution >= 4 is 6.09 Å². The Balaban J connectivity index is 2.53. The maximum Gasteiger partial charge on any atom is 0.407 e. The summed E-state index contributed by atoms with van der Waals surface area (Å²) in [5.74, 6) is 0. The van der Waals surface area contributed by atoms with Gasteiger partial charge in [-0.25, -0.2) is 4.79 Å². The lowest BCUT2D eigenvalue weighted by molar-refractivity contribution is 0.0728. The number of cyclic esters (lactones) is 1. The van der Waals surface area contributed by atoms with Crippen LogP contribution in [0.25, 0.3) is 0 Å². The summed E-state index contributed by atoms with van der Waals surface area (Å²) in [4.78, 5) is 10.6. The Morgan fingerprint density at radius 3 is 2.40 bits per heavy atom.